The first-order valence-corrected chi connectivity index (χ1v) is 6.45. The van der Waals surface area contributed by atoms with Crippen LogP contribution in [0.25, 0.3) is 6.08 Å². The summed E-state index contributed by atoms with van der Waals surface area (Å²) in [5, 5.41) is 28.5. The number of rotatable bonds is 3. The lowest BCUT2D eigenvalue weighted by molar-refractivity contribution is 0.403. The third-order valence-corrected chi connectivity index (χ3v) is 3.34. The highest BCUT2D eigenvalue weighted by Crippen LogP contribution is 2.26. The van der Waals surface area contributed by atoms with E-state index < -0.39 is 0 Å². The lowest BCUT2D eigenvalue weighted by Crippen LogP contribution is -1.88. The summed E-state index contributed by atoms with van der Waals surface area (Å²) in [5.74, 6) is 0.0291. The molecule has 0 atom stereocenters. The molecule has 104 valence electrons. The molecule has 0 aliphatic carbocycles. The maximum absolute atomic E-state index is 9.89. The van der Waals surface area contributed by atoms with Crippen molar-refractivity contribution in [2.45, 2.75) is 20.3 Å². The second-order valence-electron chi connectivity index (χ2n) is 4.92. The van der Waals surface area contributed by atoms with E-state index in [1.54, 1.807) is 12.1 Å². The van der Waals surface area contributed by atoms with Crippen LogP contribution < -0.4 is 0 Å². The van der Waals surface area contributed by atoms with Crippen LogP contribution in [0.3, 0.4) is 0 Å². The molecule has 2 rings (SSSR count). The predicted molar refractivity (Wildman–Crippen MR) is 80.1 cm³/mol. The summed E-state index contributed by atoms with van der Waals surface area (Å²) < 4.78 is 0. The number of benzene rings is 2. The Hall–Kier alpha value is -2.42. The van der Waals surface area contributed by atoms with Gasteiger partial charge in [-0.1, -0.05) is 24.3 Å². The molecular formula is C17H18O3. The molecule has 3 nitrogen and oxygen atoms in total. The summed E-state index contributed by atoms with van der Waals surface area (Å²) in [4.78, 5) is 0. The molecule has 2 aromatic carbocycles. The number of hydrogen-bond donors (Lipinski definition) is 3. The van der Waals surface area contributed by atoms with Gasteiger partial charge in [0.05, 0.1) is 0 Å². The van der Waals surface area contributed by atoms with Crippen LogP contribution in [0.1, 0.15) is 22.3 Å². The Morgan fingerprint density at radius 3 is 2.25 bits per heavy atom. The molecule has 2 aromatic rings. The molecule has 3 heteroatoms. The van der Waals surface area contributed by atoms with Crippen LogP contribution in [0.5, 0.6) is 17.2 Å². The normalized spacial score (nSPS) is 11.1. The van der Waals surface area contributed by atoms with Crippen molar-refractivity contribution in [2.24, 2.45) is 0 Å². The van der Waals surface area contributed by atoms with Gasteiger partial charge >= 0.3 is 0 Å². The molecule has 0 saturated heterocycles. The summed E-state index contributed by atoms with van der Waals surface area (Å²) in [6.07, 6.45) is 4.36. The first-order chi connectivity index (χ1) is 9.47. The van der Waals surface area contributed by atoms with Gasteiger partial charge in [-0.2, -0.15) is 0 Å². The first-order valence-electron chi connectivity index (χ1n) is 6.45. The Balaban J connectivity index is 2.13. The van der Waals surface area contributed by atoms with E-state index in [9.17, 15) is 15.3 Å². The second kappa shape index (κ2) is 5.70. The van der Waals surface area contributed by atoms with E-state index in [2.05, 4.69) is 0 Å². The molecule has 0 aliphatic rings. The molecule has 0 unspecified atom stereocenters. The van der Waals surface area contributed by atoms with Gasteiger partial charge in [-0.05, 0) is 60.7 Å². The molecule has 20 heavy (non-hydrogen) atoms. The van der Waals surface area contributed by atoms with Crippen molar-refractivity contribution in [3.63, 3.8) is 0 Å². The zero-order chi connectivity index (χ0) is 14.7. The maximum atomic E-state index is 9.89. The summed E-state index contributed by atoms with van der Waals surface area (Å²) in [5.41, 5.74) is 3.88. The van der Waals surface area contributed by atoms with Crippen molar-refractivity contribution < 1.29 is 15.3 Å². The van der Waals surface area contributed by atoms with Gasteiger partial charge in [0, 0.05) is 0 Å². The zero-order valence-corrected chi connectivity index (χ0v) is 11.6. The quantitative estimate of drug-likeness (QED) is 0.746. The van der Waals surface area contributed by atoms with Crippen LogP contribution >= 0.6 is 0 Å². The fraction of sp³-hybridized carbons (Fsp3) is 0.176. The van der Waals surface area contributed by atoms with Crippen molar-refractivity contribution in [3.8, 4) is 17.2 Å². The Morgan fingerprint density at radius 2 is 1.55 bits per heavy atom. The van der Waals surface area contributed by atoms with Crippen molar-refractivity contribution >= 4 is 6.08 Å². The number of phenolic OH excluding ortho intramolecular Hbond substituents is 3. The van der Waals surface area contributed by atoms with Gasteiger partial charge in [0.15, 0.2) is 11.5 Å². The Labute approximate surface area is 118 Å². The highest BCUT2D eigenvalue weighted by Gasteiger charge is 2.03. The molecule has 0 saturated carbocycles. The van der Waals surface area contributed by atoms with Crippen LogP contribution in [0, 0.1) is 13.8 Å². The maximum Gasteiger partial charge on any atom is 0.157 e. The zero-order valence-electron chi connectivity index (χ0n) is 11.6. The Kier molecular flexibility index (Phi) is 3.99. The lowest BCUT2D eigenvalue weighted by atomic mass is 10.0. The van der Waals surface area contributed by atoms with E-state index in [1.165, 1.54) is 12.1 Å². The first kappa shape index (κ1) is 14.0. The van der Waals surface area contributed by atoms with Gasteiger partial charge in [0.25, 0.3) is 0 Å². The van der Waals surface area contributed by atoms with E-state index in [-0.39, 0.29) is 11.5 Å². The standard InChI is InChI=1S/C17H18O3/c1-11-8-14(16(19)9-12(11)2)5-3-4-13-6-7-15(18)17(20)10-13/h3-4,6-10,18-20H,5H2,1-2H3. The highest BCUT2D eigenvalue weighted by atomic mass is 16.3. The Morgan fingerprint density at radius 1 is 0.850 bits per heavy atom. The predicted octanol–water partition coefficient (Wildman–Crippen LogP) is 3.68. The monoisotopic (exact) mass is 270 g/mol. The van der Waals surface area contributed by atoms with E-state index in [0.29, 0.717) is 12.2 Å². The van der Waals surface area contributed by atoms with Crippen LogP contribution in [-0.2, 0) is 6.42 Å². The number of aromatic hydroxyl groups is 3. The molecule has 0 fully saturated rings. The Bertz CT molecular complexity index is 658. The third-order valence-electron chi connectivity index (χ3n) is 3.34. The fourth-order valence-electron chi connectivity index (χ4n) is 1.99. The molecule has 0 heterocycles. The van der Waals surface area contributed by atoms with Gasteiger partial charge in [0.1, 0.15) is 5.75 Å². The fourth-order valence-corrected chi connectivity index (χ4v) is 1.99. The number of allylic oxidation sites excluding steroid dienone is 1. The van der Waals surface area contributed by atoms with Crippen LogP contribution in [0.4, 0.5) is 0 Å². The SMILES string of the molecule is Cc1cc(O)c(CC=Cc2ccc(O)c(O)c2)cc1C. The third kappa shape index (κ3) is 3.12. The topological polar surface area (TPSA) is 60.7 Å². The van der Waals surface area contributed by atoms with Crippen LogP contribution in [0.2, 0.25) is 0 Å². The van der Waals surface area contributed by atoms with Crippen molar-refractivity contribution in [2.75, 3.05) is 0 Å². The molecule has 3 N–H and O–H groups in total. The van der Waals surface area contributed by atoms with Gasteiger partial charge in [-0.15, -0.1) is 0 Å². The largest absolute Gasteiger partial charge is 0.508 e. The molecule has 0 spiro atoms. The van der Waals surface area contributed by atoms with Crippen molar-refractivity contribution in [3.05, 3.63) is 58.7 Å². The minimum absolute atomic E-state index is 0.131. The van der Waals surface area contributed by atoms with Crippen molar-refractivity contribution in [1.29, 1.82) is 0 Å². The van der Waals surface area contributed by atoms with E-state index in [4.69, 9.17) is 0 Å². The number of aryl methyl sites for hydroxylation is 2. The molecule has 0 amide bonds. The molecule has 0 aromatic heterocycles. The van der Waals surface area contributed by atoms with Gasteiger partial charge < -0.3 is 15.3 Å². The highest BCUT2D eigenvalue weighted by molar-refractivity contribution is 5.55. The summed E-state index contributed by atoms with van der Waals surface area (Å²) in [6, 6.07) is 8.40. The van der Waals surface area contributed by atoms with E-state index in [1.807, 2.05) is 32.1 Å². The molecule has 0 radical (unpaired) electrons. The lowest BCUT2D eigenvalue weighted by Gasteiger charge is -2.06. The van der Waals surface area contributed by atoms with Crippen molar-refractivity contribution in [1.82, 2.24) is 0 Å². The summed E-state index contributed by atoms with van der Waals surface area (Å²) >= 11 is 0. The second-order valence-corrected chi connectivity index (χ2v) is 4.92. The number of hydrogen-bond acceptors (Lipinski definition) is 3. The average molecular weight is 270 g/mol. The molecular weight excluding hydrogens is 252 g/mol. The average Bonchev–Trinajstić information content (AvgIpc) is 2.39. The van der Waals surface area contributed by atoms with Crippen LogP contribution in [-0.4, -0.2) is 15.3 Å². The molecule has 0 aliphatic heterocycles. The van der Waals surface area contributed by atoms with Crippen LogP contribution in [0.15, 0.2) is 36.4 Å². The van der Waals surface area contributed by atoms with Gasteiger partial charge in [0.2, 0.25) is 0 Å². The summed E-state index contributed by atoms with van der Waals surface area (Å²) in [6.45, 7) is 3.98. The smallest absolute Gasteiger partial charge is 0.157 e. The molecule has 0 bridgehead atoms. The van der Waals surface area contributed by atoms with E-state index >= 15 is 0 Å². The number of phenols is 3. The van der Waals surface area contributed by atoms with Gasteiger partial charge in [-0.3, -0.25) is 0 Å². The van der Waals surface area contributed by atoms with E-state index in [0.717, 1.165) is 22.3 Å². The minimum Gasteiger partial charge on any atom is -0.508 e. The minimum atomic E-state index is -0.138. The van der Waals surface area contributed by atoms with Gasteiger partial charge in [-0.25, -0.2) is 0 Å². The summed E-state index contributed by atoms with van der Waals surface area (Å²) in [7, 11) is 0.